The zero-order chi connectivity index (χ0) is 9.99. The van der Waals surface area contributed by atoms with Crippen LogP contribution in [0.15, 0.2) is 0 Å². The summed E-state index contributed by atoms with van der Waals surface area (Å²) in [7, 11) is 0. The van der Waals surface area contributed by atoms with Gasteiger partial charge in [-0.15, -0.1) is 0 Å². The third-order valence-corrected chi connectivity index (χ3v) is 12.9. The Morgan fingerprint density at radius 1 is 1.00 bits per heavy atom. The summed E-state index contributed by atoms with van der Waals surface area (Å²) in [5.41, 5.74) is 0.547. The van der Waals surface area contributed by atoms with Crippen molar-refractivity contribution in [1.82, 2.24) is 4.90 Å². The molecule has 0 saturated carbocycles. The summed E-state index contributed by atoms with van der Waals surface area (Å²) in [5, 5.41) is 0. The van der Waals surface area contributed by atoms with Gasteiger partial charge in [0, 0.05) is 0 Å². The zero-order valence-corrected chi connectivity index (χ0v) is 25.5. The van der Waals surface area contributed by atoms with E-state index in [9.17, 15) is 0 Å². The van der Waals surface area contributed by atoms with Gasteiger partial charge in [-0.05, 0) is 0 Å². The van der Waals surface area contributed by atoms with Crippen LogP contribution in [0.4, 0.5) is 0 Å². The number of nitrogens with zero attached hydrogens (tertiary/aromatic N) is 1. The van der Waals surface area contributed by atoms with Crippen molar-refractivity contribution >= 4 is 0 Å². The fourth-order valence-electron chi connectivity index (χ4n) is 1.35. The van der Waals surface area contributed by atoms with Crippen LogP contribution in [0, 0.1) is 0 Å². The molecule has 0 saturated heterocycles. The van der Waals surface area contributed by atoms with Crippen LogP contribution in [0.25, 0.3) is 0 Å². The van der Waals surface area contributed by atoms with Crippen molar-refractivity contribution in [3.8, 4) is 0 Å². The summed E-state index contributed by atoms with van der Waals surface area (Å²) in [6.07, 6.45) is 0. The average molecular weight is 728 g/mol. The van der Waals surface area contributed by atoms with Crippen LogP contribution in [0.5, 0.6) is 0 Å². The van der Waals surface area contributed by atoms with E-state index in [-0.39, 0.29) is 0 Å². The van der Waals surface area contributed by atoms with Crippen molar-refractivity contribution < 1.29 is 78.4 Å². The molecule has 0 aliphatic rings. The number of rotatable bonds is 4. The van der Waals surface area contributed by atoms with Gasteiger partial charge in [0.15, 0.2) is 0 Å². The summed E-state index contributed by atoms with van der Waals surface area (Å²) < 4.78 is 0.930. The fourth-order valence-corrected chi connectivity index (χ4v) is 3.96. The van der Waals surface area contributed by atoms with Crippen LogP contribution in [0.2, 0.25) is -2.06 Å². The summed E-state index contributed by atoms with van der Waals surface area (Å²) in [5.74, 6) is 0. The predicted molar refractivity (Wildman–Crippen MR) is 39.7 cm³/mol. The second-order valence-electron chi connectivity index (χ2n) is 4.01. The van der Waals surface area contributed by atoms with E-state index in [4.69, 9.17) is 0 Å². The molecule has 4 heteroatoms. The minimum absolute atomic E-state index is 0.547. The Morgan fingerprint density at radius 2 is 1.33 bits per heavy atom. The van der Waals surface area contributed by atoms with Crippen LogP contribution in [0.1, 0.15) is 27.7 Å². The SMILES string of the molecule is CCN(CC)C(C)(C)[C]([Hg])([Hg])[Hg]. The summed E-state index contributed by atoms with van der Waals surface area (Å²) >= 11 is 3.00. The van der Waals surface area contributed by atoms with E-state index in [0.717, 1.165) is 76.3 Å². The maximum absolute atomic E-state index is 2.67. The standard InChI is InChI=1S/C8H16N.3Hg/c1-6-9(7-2)8(3,4)5;;;/h6-7H2,1-4H3;;;. The van der Waals surface area contributed by atoms with E-state index in [2.05, 4.69) is 32.6 Å². The molecular formula is C8H16Hg3N. The van der Waals surface area contributed by atoms with Crippen molar-refractivity contribution in [3.05, 3.63) is 0 Å². The van der Waals surface area contributed by atoms with Crippen molar-refractivity contribution in [1.29, 1.82) is 0 Å². The Bertz CT molecular complexity index is 136. The van der Waals surface area contributed by atoms with E-state index < -0.39 is 0 Å². The Hall–Kier alpha value is 2.77. The van der Waals surface area contributed by atoms with E-state index in [1.807, 2.05) is 0 Å². The number of hydrogen-bond acceptors (Lipinski definition) is 1. The quantitative estimate of drug-likeness (QED) is 0.400. The first-order chi connectivity index (χ1) is 5.27. The fraction of sp³-hybridized carbons (Fsp3) is 1.00. The van der Waals surface area contributed by atoms with E-state index in [0.29, 0.717) is 5.54 Å². The summed E-state index contributed by atoms with van der Waals surface area (Å²) in [6.45, 7) is 12.0. The van der Waals surface area contributed by atoms with E-state index in [1.165, 1.54) is 13.1 Å². The molecule has 0 atom stereocenters. The Morgan fingerprint density at radius 3 is 1.42 bits per heavy atom. The first-order valence-corrected chi connectivity index (χ1v) is 12.8. The van der Waals surface area contributed by atoms with Gasteiger partial charge in [0.1, 0.15) is 0 Å². The molecule has 0 aromatic rings. The monoisotopic (exact) mass is 732 g/mol. The van der Waals surface area contributed by atoms with Crippen molar-refractivity contribution in [2.75, 3.05) is 13.1 Å². The third kappa shape index (κ3) is 3.73. The van der Waals surface area contributed by atoms with Crippen molar-refractivity contribution in [3.63, 3.8) is 0 Å². The zero-order valence-electron chi connectivity index (χ0n) is 8.98. The molecule has 0 radical (unpaired) electrons. The summed E-state index contributed by atoms with van der Waals surface area (Å²) in [4.78, 5) is 2.67. The third-order valence-electron chi connectivity index (χ3n) is 2.85. The molecule has 0 fully saturated rings. The van der Waals surface area contributed by atoms with Crippen molar-refractivity contribution in [2.45, 2.75) is 31.2 Å². The normalized spacial score (nSPS) is 14.2. The van der Waals surface area contributed by atoms with Crippen LogP contribution in [0.3, 0.4) is 0 Å². The van der Waals surface area contributed by atoms with Crippen molar-refractivity contribution in [2.24, 2.45) is 0 Å². The summed E-state index contributed by atoms with van der Waals surface area (Å²) in [6, 6.07) is 0. The molecule has 0 aromatic heterocycles. The average Bonchev–Trinajstić information content (AvgIpc) is 1.87. The molecule has 0 rings (SSSR count). The molecule has 0 amide bonds. The molecule has 0 aliphatic carbocycles. The molecule has 0 unspecified atom stereocenters. The molecule has 1 nitrogen and oxygen atoms in total. The van der Waals surface area contributed by atoms with Gasteiger partial charge in [-0.2, -0.15) is 0 Å². The van der Waals surface area contributed by atoms with Gasteiger partial charge in [0.2, 0.25) is 0 Å². The Kier molecular flexibility index (Phi) is 7.06. The Labute approximate surface area is 125 Å². The molecule has 0 heterocycles. The number of hydrogen-bond donors (Lipinski definition) is 0. The second kappa shape index (κ2) is 5.74. The van der Waals surface area contributed by atoms with Gasteiger partial charge in [0.05, 0.1) is 0 Å². The molecule has 0 aromatic carbocycles. The minimum atomic E-state index is 0.547. The maximum atomic E-state index is 2.67. The molecule has 0 spiro atoms. The van der Waals surface area contributed by atoms with E-state index >= 15 is 0 Å². The van der Waals surface area contributed by atoms with Gasteiger partial charge >= 0.3 is 128 Å². The van der Waals surface area contributed by atoms with Gasteiger partial charge in [-0.1, -0.05) is 0 Å². The molecule has 0 N–H and O–H groups in total. The topological polar surface area (TPSA) is 3.24 Å². The molecule has 59 valence electrons. The van der Waals surface area contributed by atoms with Crippen LogP contribution in [-0.4, -0.2) is 23.5 Å². The molecular weight excluding hydrogens is 712 g/mol. The Balaban J connectivity index is 4.57. The van der Waals surface area contributed by atoms with Crippen LogP contribution >= 0.6 is 0 Å². The second-order valence-corrected chi connectivity index (χ2v) is 65.1. The molecule has 0 bridgehead atoms. The van der Waals surface area contributed by atoms with Gasteiger partial charge in [-0.3, -0.25) is 0 Å². The van der Waals surface area contributed by atoms with Gasteiger partial charge < -0.3 is 0 Å². The van der Waals surface area contributed by atoms with Crippen LogP contribution in [-0.2, 0) is 78.4 Å². The van der Waals surface area contributed by atoms with Gasteiger partial charge in [-0.25, -0.2) is 0 Å². The van der Waals surface area contributed by atoms with Gasteiger partial charge in [0.25, 0.3) is 0 Å². The predicted octanol–water partition coefficient (Wildman–Crippen LogP) is 1.82. The molecule has 12 heavy (non-hydrogen) atoms. The molecule has 0 aliphatic heterocycles. The van der Waals surface area contributed by atoms with E-state index in [1.54, 1.807) is 0 Å². The van der Waals surface area contributed by atoms with Crippen LogP contribution < -0.4 is 0 Å². The first-order valence-electron chi connectivity index (χ1n) is 4.58. The first kappa shape index (κ1) is 14.8.